The fourth-order valence-corrected chi connectivity index (χ4v) is 4.46. The SMILES string of the molecule is C#Cc1c(F)ccc2cc(O)cc(-c3ccc4c(N5CCOC(C)C5)nc(OC)nc4c3F)c12. The van der Waals surface area contributed by atoms with Crippen LogP contribution in [0.3, 0.4) is 0 Å². The zero-order valence-electron chi connectivity index (χ0n) is 18.6. The van der Waals surface area contributed by atoms with E-state index in [1.807, 2.05) is 11.8 Å². The van der Waals surface area contributed by atoms with Gasteiger partial charge in [-0.15, -0.1) is 6.42 Å². The van der Waals surface area contributed by atoms with Crippen LogP contribution in [0.1, 0.15) is 12.5 Å². The topological polar surface area (TPSA) is 67.7 Å². The Kier molecular flexibility index (Phi) is 5.42. The number of methoxy groups -OCH3 is 1. The molecule has 1 aromatic heterocycles. The Morgan fingerprint density at radius 1 is 1.18 bits per heavy atom. The highest BCUT2D eigenvalue weighted by molar-refractivity contribution is 6.04. The summed E-state index contributed by atoms with van der Waals surface area (Å²) < 4.78 is 41.5. The molecule has 5 rings (SSSR count). The van der Waals surface area contributed by atoms with Crippen molar-refractivity contribution < 1.29 is 23.4 Å². The van der Waals surface area contributed by atoms with E-state index in [1.54, 1.807) is 12.1 Å². The van der Waals surface area contributed by atoms with Crippen molar-refractivity contribution in [1.82, 2.24) is 9.97 Å². The Morgan fingerprint density at radius 2 is 2.00 bits per heavy atom. The van der Waals surface area contributed by atoms with Crippen molar-refractivity contribution in [2.45, 2.75) is 13.0 Å². The summed E-state index contributed by atoms with van der Waals surface area (Å²) in [5.41, 5.74) is 0.433. The maximum atomic E-state index is 16.1. The molecule has 0 radical (unpaired) electrons. The van der Waals surface area contributed by atoms with E-state index in [0.717, 1.165) is 0 Å². The minimum Gasteiger partial charge on any atom is -0.508 e. The van der Waals surface area contributed by atoms with Gasteiger partial charge in [-0.05, 0) is 42.1 Å². The summed E-state index contributed by atoms with van der Waals surface area (Å²) in [5.74, 6) is 1.54. The second kappa shape index (κ2) is 8.43. The normalized spacial score (nSPS) is 16.1. The van der Waals surface area contributed by atoms with Gasteiger partial charge in [0.1, 0.15) is 22.9 Å². The Hall–Kier alpha value is -3.96. The number of hydrogen-bond donors (Lipinski definition) is 1. The van der Waals surface area contributed by atoms with Gasteiger partial charge in [-0.3, -0.25) is 0 Å². The van der Waals surface area contributed by atoms with Crippen molar-refractivity contribution in [3.05, 3.63) is 53.6 Å². The lowest BCUT2D eigenvalue weighted by Crippen LogP contribution is -2.41. The number of ether oxygens (including phenoxy) is 2. The molecular formula is C26H21F2N3O3. The van der Waals surface area contributed by atoms with Crippen LogP contribution in [0.5, 0.6) is 11.8 Å². The summed E-state index contributed by atoms with van der Waals surface area (Å²) in [7, 11) is 1.42. The van der Waals surface area contributed by atoms with E-state index < -0.39 is 11.6 Å². The molecular weight excluding hydrogens is 440 g/mol. The Bertz CT molecular complexity index is 1480. The van der Waals surface area contributed by atoms with E-state index in [-0.39, 0.29) is 40.1 Å². The number of benzene rings is 3. The van der Waals surface area contributed by atoms with E-state index in [4.69, 9.17) is 15.9 Å². The zero-order valence-corrected chi connectivity index (χ0v) is 18.6. The Labute approximate surface area is 194 Å². The number of phenolic OH excluding ortho intramolecular Hbond substituents is 1. The van der Waals surface area contributed by atoms with Crippen LogP contribution < -0.4 is 9.64 Å². The fourth-order valence-electron chi connectivity index (χ4n) is 4.46. The van der Waals surface area contributed by atoms with E-state index in [2.05, 4.69) is 15.9 Å². The zero-order chi connectivity index (χ0) is 24.0. The second-order valence-corrected chi connectivity index (χ2v) is 8.14. The molecule has 0 bridgehead atoms. The molecule has 6 nitrogen and oxygen atoms in total. The second-order valence-electron chi connectivity index (χ2n) is 8.14. The highest BCUT2D eigenvalue weighted by atomic mass is 19.1. The maximum absolute atomic E-state index is 16.1. The first kappa shape index (κ1) is 21.9. The van der Waals surface area contributed by atoms with Crippen molar-refractivity contribution in [2.24, 2.45) is 0 Å². The van der Waals surface area contributed by atoms with Gasteiger partial charge in [0.05, 0.1) is 25.4 Å². The van der Waals surface area contributed by atoms with Gasteiger partial charge >= 0.3 is 6.01 Å². The van der Waals surface area contributed by atoms with Crippen molar-refractivity contribution in [3.63, 3.8) is 0 Å². The summed E-state index contributed by atoms with van der Waals surface area (Å²) in [6.07, 6.45) is 5.57. The lowest BCUT2D eigenvalue weighted by Gasteiger charge is -2.32. The molecule has 1 saturated heterocycles. The summed E-state index contributed by atoms with van der Waals surface area (Å²) in [4.78, 5) is 10.8. The van der Waals surface area contributed by atoms with Crippen LogP contribution in [0.15, 0.2) is 36.4 Å². The van der Waals surface area contributed by atoms with Crippen LogP contribution in [-0.2, 0) is 4.74 Å². The molecule has 34 heavy (non-hydrogen) atoms. The van der Waals surface area contributed by atoms with Crippen LogP contribution in [0.4, 0.5) is 14.6 Å². The molecule has 0 saturated carbocycles. The van der Waals surface area contributed by atoms with Gasteiger partial charge in [-0.1, -0.05) is 18.1 Å². The summed E-state index contributed by atoms with van der Waals surface area (Å²) in [6, 6.07) is 8.86. The molecule has 3 aromatic carbocycles. The van der Waals surface area contributed by atoms with E-state index in [1.165, 1.54) is 31.4 Å². The van der Waals surface area contributed by atoms with Gasteiger partial charge in [0, 0.05) is 29.4 Å². The van der Waals surface area contributed by atoms with Gasteiger partial charge in [0.25, 0.3) is 0 Å². The average molecular weight is 461 g/mol. The third kappa shape index (κ3) is 3.55. The maximum Gasteiger partial charge on any atom is 0.318 e. The Morgan fingerprint density at radius 3 is 2.74 bits per heavy atom. The van der Waals surface area contributed by atoms with Crippen molar-refractivity contribution in [2.75, 3.05) is 31.7 Å². The summed E-state index contributed by atoms with van der Waals surface area (Å²) in [5, 5.41) is 11.6. The Balaban J connectivity index is 1.79. The number of rotatable bonds is 3. The van der Waals surface area contributed by atoms with Crippen LogP contribution in [-0.4, -0.2) is 48.0 Å². The first-order chi connectivity index (χ1) is 16.4. The number of halogens is 2. The van der Waals surface area contributed by atoms with Gasteiger partial charge in [0.2, 0.25) is 0 Å². The molecule has 0 amide bonds. The van der Waals surface area contributed by atoms with Crippen LogP contribution in [0, 0.1) is 24.0 Å². The highest BCUT2D eigenvalue weighted by Gasteiger charge is 2.24. The van der Waals surface area contributed by atoms with Gasteiger partial charge in [-0.25, -0.2) is 8.78 Å². The first-order valence-corrected chi connectivity index (χ1v) is 10.7. The monoisotopic (exact) mass is 461 g/mol. The minimum atomic E-state index is -0.653. The molecule has 0 aliphatic carbocycles. The predicted octanol–water partition coefficient (Wildman–Crippen LogP) is 4.65. The molecule has 1 unspecified atom stereocenters. The summed E-state index contributed by atoms with van der Waals surface area (Å²) in [6.45, 7) is 3.65. The number of morpholine rings is 1. The summed E-state index contributed by atoms with van der Waals surface area (Å²) >= 11 is 0. The quantitative estimate of drug-likeness (QED) is 0.448. The highest BCUT2D eigenvalue weighted by Crippen LogP contribution is 2.40. The standard InChI is InChI=1S/C26H21F2N3O3/c1-4-17-21(27)8-5-15-11-16(32)12-20(22(15)17)18-6-7-19-24(23(18)28)29-26(33-3)30-25(19)31-9-10-34-14(2)13-31/h1,5-8,11-12,14,32H,9-10,13H2,2-3H3. The van der Waals surface area contributed by atoms with Crippen LogP contribution >= 0.6 is 0 Å². The van der Waals surface area contributed by atoms with Gasteiger partial charge in [0.15, 0.2) is 5.82 Å². The molecule has 1 aliphatic rings. The molecule has 0 spiro atoms. The molecule has 1 N–H and O–H groups in total. The van der Waals surface area contributed by atoms with Gasteiger partial charge in [-0.2, -0.15) is 9.97 Å². The van der Waals surface area contributed by atoms with Crippen molar-refractivity contribution in [1.29, 1.82) is 0 Å². The lowest BCUT2D eigenvalue weighted by molar-refractivity contribution is 0.0530. The number of hydrogen-bond acceptors (Lipinski definition) is 6. The largest absolute Gasteiger partial charge is 0.508 e. The van der Waals surface area contributed by atoms with Crippen molar-refractivity contribution >= 4 is 27.5 Å². The third-order valence-corrected chi connectivity index (χ3v) is 5.98. The smallest absolute Gasteiger partial charge is 0.318 e. The number of fused-ring (bicyclic) bond motifs is 2. The third-order valence-electron chi connectivity index (χ3n) is 5.98. The molecule has 4 aromatic rings. The lowest BCUT2D eigenvalue weighted by atomic mass is 9.93. The molecule has 2 heterocycles. The molecule has 1 atom stereocenters. The molecule has 1 aliphatic heterocycles. The molecule has 1 fully saturated rings. The van der Waals surface area contributed by atoms with Gasteiger partial charge < -0.3 is 19.5 Å². The minimum absolute atomic E-state index is 0.00439. The molecule has 172 valence electrons. The van der Waals surface area contributed by atoms with E-state index in [9.17, 15) is 9.50 Å². The van der Waals surface area contributed by atoms with Crippen molar-refractivity contribution in [3.8, 4) is 35.2 Å². The molecule has 8 heteroatoms. The first-order valence-electron chi connectivity index (χ1n) is 10.7. The van der Waals surface area contributed by atoms with Crippen LogP contribution in [0.25, 0.3) is 32.8 Å². The number of phenols is 1. The number of nitrogens with zero attached hydrogens (tertiary/aromatic N) is 3. The number of anilines is 1. The fraction of sp³-hybridized carbons (Fsp3) is 0.231. The van der Waals surface area contributed by atoms with E-state index >= 15 is 4.39 Å². The number of aromatic nitrogens is 2. The number of aromatic hydroxyl groups is 1. The number of terminal acetylenes is 1. The average Bonchev–Trinajstić information content (AvgIpc) is 2.83. The van der Waals surface area contributed by atoms with E-state index in [0.29, 0.717) is 41.7 Å². The predicted molar refractivity (Wildman–Crippen MR) is 126 cm³/mol. The van der Waals surface area contributed by atoms with Crippen LogP contribution in [0.2, 0.25) is 0 Å².